The second-order valence-corrected chi connectivity index (χ2v) is 4.37. The van der Waals surface area contributed by atoms with Gasteiger partial charge in [0.25, 0.3) is 0 Å². The Balaban J connectivity index is 2.24. The van der Waals surface area contributed by atoms with Gasteiger partial charge >= 0.3 is 11.9 Å². The molecule has 0 spiro atoms. The fraction of sp³-hybridized carbons (Fsp3) is 0.385. The van der Waals surface area contributed by atoms with Crippen LogP contribution >= 0.6 is 0 Å². The second kappa shape index (κ2) is 5.68. The van der Waals surface area contributed by atoms with Gasteiger partial charge in [0.05, 0.1) is 19.4 Å². The van der Waals surface area contributed by atoms with Crippen LogP contribution in [0.2, 0.25) is 0 Å². The zero-order chi connectivity index (χ0) is 14.7. The number of methoxy groups -OCH3 is 1. The number of rotatable bonds is 6. The molecule has 1 atom stereocenters. The van der Waals surface area contributed by atoms with Crippen molar-refractivity contribution < 1.29 is 34.0 Å². The first kappa shape index (κ1) is 14.0. The Morgan fingerprint density at radius 3 is 2.70 bits per heavy atom. The van der Waals surface area contributed by atoms with Crippen LogP contribution in [-0.2, 0) is 16.0 Å². The Morgan fingerprint density at radius 2 is 2.10 bits per heavy atom. The fourth-order valence-corrected chi connectivity index (χ4v) is 2.04. The van der Waals surface area contributed by atoms with Crippen LogP contribution in [-0.4, -0.2) is 36.1 Å². The van der Waals surface area contributed by atoms with E-state index in [1.54, 1.807) is 12.1 Å². The average molecular weight is 282 g/mol. The number of carbonyl (C=O) groups is 2. The molecule has 0 saturated carbocycles. The molecule has 0 fully saturated rings. The van der Waals surface area contributed by atoms with Crippen LogP contribution in [0.25, 0.3) is 0 Å². The van der Waals surface area contributed by atoms with E-state index in [-0.39, 0.29) is 13.2 Å². The van der Waals surface area contributed by atoms with E-state index >= 15 is 0 Å². The predicted molar refractivity (Wildman–Crippen MR) is 66.2 cm³/mol. The lowest BCUT2D eigenvalue weighted by Gasteiger charge is -2.12. The van der Waals surface area contributed by atoms with Crippen molar-refractivity contribution in [2.75, 3.05) is 13.9 Å². The summed E-state index contributed by atoms with van der Waals surface area (Å²) in [4.78, 5) is 21.8. The largest absolute Gasteiger partial charge is 0.493 e. The highest BCUT2D eigenvalue weighted by molar-refractivity contribution is 5.78. The van der Waals surface area contributed by atoms with E-state index in [4.69, 9.17) is 24.4 Å². The first-order valence-electron chi connectivity index (χ1n) is 5.92. The molecule has 1 unspecified atom stereocenters. The standard InChI is InChI=1S/C13H14O7/c1-18-9-3-7(4-10-12(9)20-6-19-10)2-8(13(16)17)5-11(14)15/h3-4,8H,2,5-6H2,1H3,(H,14,15)(H,16,17). The number of hydrogen-bond acceptors (Lipinski definition) is 5. The molecule has 2 N–H and O–H groups in total. The Labute approximate surface area is 114 Å². The molecular formula is C13H14O7. The Kier molecular flexibility index (Phi) is 3.97. The van der Waals surface area contributed by atoms with Crippen molar-refractivity contribution in [2.45, 2.75) is 12.8 Å². The summed E-state index contributed by atoms with van der Waals surface area (Å²) in [7, 11) is 1.47. The third-order valence-electron chi connectivity index (χ3n) is 2.97. The summed E-state index contributed by atoms with van der Waals surface area (Å²) < 4.78 is 15.6. The van der Waals surface area contributed by atoms with Crippen molar-refractivity contribution in [1.29, 1.82) is 0 Å². The summed E-state index contributed by atoms with van der Waals surface area (Å²) in [5.41, 5.74) is 0.625. The van der Waals surface area contributed by atoms with Gasteiger partial charge in [-0.3, -0.25) is 9.59 Å². The normalized spacial score (nSPS) is 13.8. The number of hydrogen-bond donors (Lipinski definition) is 2. The molecule has 7 nitrogen and oxygen atoms in total. The zero-order valence-electron chi connectivity index (χ0n) is 10.8. The SMILES string of the molecule is COc1cc(CC(CC(=O)O)C(=O)O)cc2c1OCO2. The Bertz CT molecular complexity index is 538. The number of carboxylic acids is 2. The minimum Gasteiger partial charge on any atom is -0.493 e. The lowest BCUT2D eigenvalue weighted by molar-refractivity contribution is -0.148. The van der Waals surface area contributed by atoms with Crippen molar-refractivity contribution in [3.63, 3.8) is 0 Å². The van der Waals surface area contributed by atoms with E-state index in [2.05, 4.69) is 0 Å². The molecule has 7 heteroatoms. The predicted octanol–water partition coefficient (Wildman–Crippen LogP) is 1.14. The molecule has 108 valence electrons. The van der Waals surface area contributed by atoms with Crippen LogP contribution < -0.4 is 14.2 Å². The van der Waals surface area contributed by atoms with Gasteiger partial charge in [-0.15, -0.1) is 0 Å². The molecule has 1 aliphatic rings. The molecule has 1 heterocycles. The summed E-state index contributed by atoms with van der Waals surface area (Å²) in [5, 5.41) is 17.8. The third-order valence-corrected chi connectivity index (χ3v) is 2.97. The quantitative estimate of drug-likeness (QED) is 0.806. The maximum Gasteiger partial charge on any atom is 0.307 e. The highest BCUT2D eigenvalue weighted by Crippen LogP contribution is 2.42. The minimum atomic E-state index is -1.15. The molecule has 1 aromatic carbocycles. The number of carboxylic acid groups (broad SMARTS) is 2. The maximum atomic E-state index is 11.1. The highest BCUT2D eigenvalue weighted by atomic mass is 16.7. The van der Waals surface area contributed by atoms with Crippen LogP contribution in [0.1, 0.15) is 12.0 Å². The van der Waals surface area contributed by atoms with E-state index in [0.717, 1.165) is 0 Å². The molecule has 20 heavy (non-hydrogen) atoms. The van der Waals surface area contributed by atoms with Crippen LogP contribution in [0.3, 0.4) is 0 Å². The molecule has 1 aliphatic heterocycles. The van der Waals surface area contributed by atoms with E-state index in [1.165, 1.54) is 7.11 Å². The monoisotopic (exact) mass is 282 g/mol. The third kappa shape index (κ3) is 2.93. The van der Waals surface area contributed by atoms with E-state index in [0.29, 0.717) is 22.8 Å². The molecule has 0 bridgehead atoms. The van der Waals surface area contributed by atoms with Crippen LogP contribution in [0, 0.1) is 5.92 Å². The Hall–Kier alpha value is -2.44. The zero-order valence-corrected chi connectivity index (χ0v) is 10.8. The van der Waals surface area contributed by atoms with Crippen molar-refractivity contribution in [2.24, 2.45) is 5.92 Å². The summed E-state index contributed by atoms with van der Waals surface area (Å²) in [6, 6.07) is 3.27. The number of ether oxygens (including phenoxy) is 3. The smallest absolute Gasteiger partial charge is 0.307 e. The molecule has 0 aliphatic carbocycles. The molecule has 0 aromatic heterocycles. The second-order valence-electron chi connectivity index (χ2n) is 4.37. The van der Waals surface area contributed by atoms with E-state index < -0.39 is 24.3 Å². The molecule has 2 rings (SSSR count). The topological polar surface area (TPSA) is 102 Å². The average Bonchev–Trinajstić information content (AvgIpc) is 2.84. The Morgan fingerprint density at radius 1 is 1.35 bits per heavy atom. The van der Waals surface area contributed by atoms with Crippen LogP contribution in [0.4, 0.5) is 0 Å². The first-order chi connectivity index (χ1) is 9.51. The van der Waals surface area contributed by atoms with Gasteiger partial charge in [-0.25, -0.2) is 0 Å². The van der Waals surface area contributed by atoms with Gasteiger partial charge in [-0.1, -0.05) is 0 Å². The van der Waals surface area contributed by atoms with Crippen LogP contribution in [0.15, 0.2) is 12.1 Å². The maximum absolute atomic E-state index is 11.1. The molecule has 0 radical (unpaired) electrons. The summed E-state index contributed by atoms with van der Waals surface area (Å²) in [6.45, 7) is 0.0760. The summed E-state index contributed by atoms with van der Waals surface area (Å²) >= 11 is 0. The number of aliphatic carboxylic acids is 2. The van der Waals surface area contributed by atoms with E-state index in [1.807, 2.05) is 0 Å². The van der Waals surface area contributed by atoms with Gasteiger partial charge in [-0.05, 0) is 24.1 Å². The minimum absolute atomic E-state index is 0.0760. The number of benzene rings is 1. The summed E-state index contributed by atoms with van der Waals surface area (Å²) in [6.07, 6.45) is -0.360. The molecule has 0 saturated heterocycles. The van der Waals surface area contributed by atoms with Gasteiger partial charge in [0.1, 0.15) is 0 Å². The van der Waals surface area contributed by atoms with Crippen molar-refractivity contribution in [1.82, 2.24) is 0 Å². The summed E-state index contributed by atoms with van der Waals surface area (Å²) in [5.74, 6) is -1.92. The van der Waals surface area contributed by atoms with Crippen molar-refractivity contribution in [3.8, 4) is 17.2 Å². The number of fused-ring (bicyclic) bond motifs is 1. The van der Waals surface area contributed by atoms with Crippen molar-refractivity contribution in [3.05, 3.63) is 17.7 Å². The lowest BCUT2D eigenvalue weighted by Crippen LogP contribution is -2.20. The van der Waals surface area contributed by atoms with Gasteiger partial charge in [-0.2, -0.15) is 0 Å². The fourth-order valence-electron chi connectivity index (χ4n) is 2.04. The van der Waals surface area contributed by atoms with Gasteiger partial charge in [0, 0.05) is 0 Å². The van der Waals surface area contributed by atoms with Crippen LogP contribution in [0.5, 0.6) is 17.2 Å². The van der Waals surface area contributed by atoms with Gasteiger partial charge in [0.2, 0.25) is 12.5 Å². The first-order valence-corrected chi connectivity index (χ1v) is 5.92. The highest BCUT2D eigenvalue weighted by Gasteiger charge is 2.25. The molecule has 1 aromatic rings. The van der Waals surface area contributed by atoms with Gasteiger partial charge < -0.3 is 24.4 Å². The lowest BCUT2D eigenvalue weighted by atomic mass is 9.96. The van der Waals surface area contributed by atoms with Crippen molar-refractivity contribution >= 4 is 11.9 Å². The molecule has 0 amide bonds. The van der Waals surface area contributed by atoms with Gasteiger partial charge in [0.15, 0.2) is 11.5 Å². The van der Waals surface area contributed by atoms with E-state index in [9.17, 15) is 9.59 Å². The molecular weight excluding hydrogens is 268 g/mol.